The largest absolute Gasteiger partial charge is 0.344 e. The van der Waals surface area contributed by atoms with Crippen molar-refractivity contribution in [3.05, 3.63) is 71.0 Å². The normalized spacial score (nSPS) is 13.0. The summed E-state index contributed by atoms with van der Waals surface area (Å²) in [5.74, 6) is 0. The summed E-state index contributed by atoms with van der Waals surface area (Å²) in [6.07, 6.45) is 9.92. The number of hydrogen-bond donors (Lipinski definition) is 1. The number of H-pyrrole nitrogens is 1. The lowest BCUT2D eigenvalue weighted by molar-refractivity contribution is -0.392. The van der Waals surface area contributed by atoms with Crippen molar-refractivity contribution in [3.8, 4) is 0 Å². The number of nitrogens with one attached hydrogen (secondary N) is 1. The monoisotopic (exact) mass is 570 g/mol. The minimum Gasteiger partial charge on any atom is -0.344 e. The van der Waals surface area contributed by atoms with Gasteiger partial charge < -0.3 is 4.90 Å². The molecule has 1 aromatic heterocycles. The Bertz CT molecular complexity index is 991. The van der Waals surface area contributed by atoms with Crippen LogP contribution in [0.5, 0.6) is 0 Å². The standard InChI is InChI=1S/C18H21Br2N3O4.C2H3N3/c1-3-5-6-7-8-12-11-14(20)18(23(26)27)16-15(21(12)4-2)10-9-13(19)17(16)22(24)25;1-2-4-5-3-1/h9-11H,3-8H2,1-2H3;1-2H,(H,3,4,5). The lowest BCUT2D eigenvalue weighted by Gasteiger charge is -2.26. The fraction of sp³-hybridized carbons (Fsp3) is 0.400. The first-order chi connectivity index (χ1) is 15.3. The number of nitro groups is 2. The maximum absolute atomic E-state index is 11.8. The first-order valence-corrected chi connectivity index (χ1v) is 11.7. The van der Waals surface area contributed by atoms with Gasteiger partial charge in [0.05, 0.1) is 36.9 Å². The molecule has 172 valence electrons. The number of fused-ring (bicyclic) bond motifs is 1. The highest BCUT2D eigenvalue weighted by atomic mass is 79.9. The lowest BCUT2D eigenvalue weighted by Crippen LogP contribution is -2.23. The molecule has 1 aromatic carbocycles. The molecule has 12 heteroatoms. The van der Waals surface area contributed by atoms with Crippen LogP contribution in [0.15, 0.2) is 45.3 Å². The van der Waals surface area contributed by atoms with E-state index in [4.69, 9.17) is 0 Å². The minimum atomic E-state index is -0.577. The van der Waals surface area contributed by atoms with Gasteiger partial charge in [0.2, 0.25) is 0 Å². The second kappa shape index (κ2) is 12.4. The molecule has 0 saturated carbocycles. The molecule has 10 nitrogen and oxygen atoms in total. The molecule has 1 aliphatic rings. The van der Waals surface area contributed by atoms with E-state index in [1.165, 1.54) is 0 Å². The van der Waals surface area contributed by atoms with Crippen molar-refractivity contribution in [1.29, 1.82) is 0 Å². The van der Waals surface area contributed by atoms with Crippen molar-refractivity contribution in [1.82, 2.24) is 15.4 Å². The van der Waals surface area contributed by atoms with Crippen molar-refractivity contribution in [2.75, 3.05) is 11.4 Å². The van der Waals surface area contributed by atoms with Gasteiger partial charge in [-0.05, 0) is 69.8 Å². The predicted octanol–water partition coefficient (Wildman–Crippen LogP) is 6.20. The van der Waals surface area contributed by atoms with E-state index in [9.17, 15) is 20.2 Å². The predicted molar refractivity (Wildman–Crippen MR) is 130 cm³/mol. The Hall–Kier alpha value is -2.60. The molecule has 3 rings (SSSR count). The van der Waals surface area contributed by atoms with Crippen molar-refractivity contribution in [3.63, 3.8) is 0 Å². The van der Waals surface area contributed by atoms with E-state index in [0.717, 1.165) is 37.8 Å². The number of allylic oxidation sites excluding steroid dienone is 3. The molecule has 0 amide bonds. The minimum absolute atomic E-state index is 0.0212. The van der Waals surface area contributed by atoms with Gasteiger partial charge >= 0.3 is 0 Å². The highest BCUT2D eigenvalue weighted by Gasteiger charge is 2.37. The first kappa shape index (κ1) is 25.7. The van der Waals surface area contributed by atoms with Crippen molar-refractivity contribution in [2.24, 2.45) is 0 Å². The number of nitrogens with zero attached hydrogens (tertiary/aromatic N) is 5. The summed E-state index contributed by atoms with van der Waals surface area (Å²) in [6, 6.07) is 3.27. The van der Waals surface area contributed by atoms with Crippen LogP contribution in [0.4, 0.5) is 11.4 Å². The first-order valence-electron chi connectivity index (χ1n) is 10.1. The van der Waals surface area contributed by atoms with E-state index in [0.29, 0.717) is 12.2 Å². The second-order valence-electron chi connectivity index (χ2n) is 6.85. The maximum atomic E-state index is 11.8. The van der Waals surface area contributed by atoms with Crippen molar-refractivity contribution in [2.45, 2.75) is 46.0 Å². The van der Waals surface area contributed by atoms with Crippen LogP contribution in [-0.2, 0) is 0 Å². The molecule has 0 aliphatic carbocycles. The van der Waals surface area contributed by atoms with Gasteiger partial charge in [-0.15, -0.1) is 0 Å². The number of hydrogen-bond acceptors (Lipinski definition) is 7. The average molecular weight is 572 g/mol. The third-order valence-corrected chi connectivity index (χ3v) is 6.04. The number of aromatic amines is 1. The van der Waals surface area contributed by atoms with E-state index >= 15 is 0 Å². The highest BCUT2D eigenvalue weighted by molar-refractivity contribution is 9.12. The van der Waals surface area contributed by atoms with E-state index < -0.39 is 9.85 Å². The molecule has 0 spiro atoms. The topological polar surface area (TPSA) is 131 Å². The van der Waals surface area contributed by atoms with E-state index in [1.807, 2.05) is 11.8 Å². The molecule has 0 unspecified atom stereocenters. The van der Waals surface area contributed by atoms with Crippen molar-refractivity contribution >= 4 is 48.9 Å². The third-order valence-electron chi connectivity index (χ3n) is 4.80. The van der Waals surface area contributed by atoms with Gasteiger partial charge in [-0.2, -0.15) is 15.4 Å². The summed E-state index contributed by atoms with van der Waals surface area (Å²) < 4.78 is 0.463. The summed E-state index contributed by atoms with van der Waals surface area (Å²) >= 11 is 6.48. The van der Waals surface area contributed by atoms with E-state index in [2.05, 4.69) is 54.2 Å². The van der Waals surface area contributed by atoms with Crippen LogP contribution in [-0.4, -0.2) is 31.8 Å². The van der Waals surface area contributed by atoms with Gasteiger partial charge in [-0.25, -0.2) is 0 Å². The average Bonchev–Trinajstić information content (AvgIpc) is 3.29. The fourth-order valence-electron chi connectivity index (χ4n) is 3.42. The van der Waals surface area contributed by atoms with Crippen LogP contribution in [0, 0.1) is 20.2 Å². The molecular formula is C20H24Br2N6O4. The SMILES string of the molecule is CCCCCCC1=CC(Br)=C([N+](=O)[O-])c2c(ccc(Br)c2[N+](=O)[O-])N1CC.c1cn[nH]n1. The number of rotatable bonds is 8. The molecule has 0 saturated heterocycles. The quantitative estimate of drug-likeness (QED) is 0.227. The second-order valence-corrected chi connectivity index (χ2v) is 8.56. The van der Waals surface area contributed by atoms with Crippen LogP contribution >= 0.6 is 31.9 Å². The summed E-state index contributed by atoms with van der Waals surface area (Å²) in [7, 11) is 0. The number of nitro benzene ring substituents is 1. The fourth-order valence-corrected chi connectivity index (χ4v) is 4.50. The summed E-state index contributed by atoms with van der Waals surface area (Å²) in [4.78, 5) is 24.3. The van der Waals surface area contributed by atoms with Crippen molar-refractivity contribution < 1.29 is 9.85 Å². The van der Waals surface area contributed by atoms with Crippen LogP contribution < -0.4 is 4.90 Å². The Morgan fingerprint density at radius 2 is 1.72 bits per heavy atom. The van der Waals surface area contributed by atoms with E-state index in [1.54, 1.807) is 30.6 Å². The molecule has 0 radical (unpaired) electrons. The van der Waals surface area contributed by atoms with Crippen LogP contribution in [0.25, 0.3) is 5.70 Å². The lowest BCUT2D eigenvalue weighted by atomic mass is 10.1. The maximum Gasteiger partial charge on any atom is 0.299 e. The summed E-state index contributed by atoms with van der Waals surface area (Å²) in [5.41, 5.74) is 0.827. The van der Waals surface area contributed by atoms with E-state index in [-0.39, 0.29) is 25.9 Å². The van der Waals surface area contributed by atoms with Crippen LogP contribution in [0.2, 0.25) is 0 Å². The van der Waals surface area contributed by atoms with Gasteiger partial charge in [-0.3, -0.25) is 20.2 Å². The summed E-state index contributed by atoms with van der Waals surface area (Å²) in [5, 5.41) is 32.8. The third kappa shape index (κ3) is 6.22. The molecule has 1 N–H and O–H groups in total. The Morgan fingerprint density at radius 1 is 1.03 bits per heavy atom. The number of aromatic nitrogens is 3. The van der Waals surface area contributed by atoms with Gasteiger partial charge in [0.25, 0.3) is 11.4 Å². The molecule has 0 fully saturated rings. The van der Waals surface area contributed by atoms with Gasteiger partial charge in [0.15, 0.2) is 5.56 Å². The Balaban J connectivity index is 0.000000636. The Labute approximate surface area is 202 Å². The number of unbranched alkanes of at least 4 members (excludes halogenated alkanes) is 3. The zero-order valence-electron chi connectivity index (χ0n) is 17.8. The molecular weight excluding hydrogens is 548 g/mol. The number of halogens is 2. The van der Waals surface area contributed by atoms with Crippen LogP contribution in [0.3, 0.4) is 0 Å². The van der Waals surface area contributed by atoms with Gasteiger partial charge in [-0.1, -0.05) is 26.2 Å². The smallest absolute Gasteiger partial charge is 0.299 e. The zero-order valence-corrected chi connectivity index (χ0v) is 20.9. The Kier molecular flexibility index (Phi) is 9.97. The zero-order chi connectivity index (χ0) is 23.7. The number of anilines is 1. The molecule has 2 aromatic rings. The molecule has 1 aliphatic heterocycles. The molecule has 0 atom stereocenters. The van der Waals surface area contributed by atoms with Gasteiger partial charge in [0.1, 0.15) is 0 Å². The van der Waals surface area contributed by atoms with Crippen LogP contribution in [0.1, 0.15) is 51.5 Å². The number of benzene rings is 1. The molecule has 2 heterocycles. The highest BCUT2D eigenvalue weighted by Crippen LogP contribution is 2.45. The summed E-state index contributed by atoms with van der Waals surface area (Å²) in [6.45, 7) is 4.62. The molecule has 32 heavy (non-hydrogen) atoms. The van der Waals surface area contributed by atoms with Gasteiger partial charge in [0, 0.05) is 12.2 Å². The Morgan fingerprint density at radius 3 is 2.22 bits per heavy atom. The molecule has 0 bridgehead atoms.